The van der Waals surface area contributed by atoms with Crippen LogP contribution < -0.4 is 5.32 Å². The number of halogens is 2. The molecule has 126 valence electrons. The number of anilines is 1. The number of nitrogens with one attached hydrogen (secondary N) is 1. The normalized spacial score (nSPS) is 11.8. The van der Waals surface area contributed by atoms with Crippen LogP contribution in [0, 0.1) is 12.8 Å². The zero-order chi connectivity index (χ0) is 17.7. The lowest BCUT2D eigenvalue weighted by Crippen LogP contribution is -2.24. The highest BCUT2D eigenvalue weighted by atomic mass is 79.9. The number of hydrogen-bond donors (Lipinski definition) is 2. The van der Waals surface area contributed by atoms with Crippen molar-refractivity contribution in [2.24, 2.45) is 5.92 Å². The van der Waals surface area contributed by atoms with Crippen molar-refractivity contribution in [3.05, 3.63) is 63.1 Å². The maximum absolute atomic E-state index is 12.2. The average Bonchev–Trinajstić information content (AvgIpc) is 2.52. The summed E-state index contributed by atoms with van der Waals surface area (Å²) < 4.78 is 0.885. The lowest BCUT2D eigenvalue weighted by molar-refractivity contribution is -0.143. The summed E-state index contributed by atoms with van der Waals surface area (Å²) in [6.45, 7) is 1.95. The predicted molar refractivity (Wildman–Crippen MR) is 98.4 cm³/mol. The lowest BCUT2D eigenvalue weighted by atomic mass is 9.96. The number of benzene rings is 2. The third-order valence-corrected chi connectivity index (χ3v) is 4.74. The van der Waals surface area contributed by atoms with Crippen LogP contribution in [-0.4, -0.2) is 17.0 Å². The summed E-state index contributed by atoms with van der Waals surface area (Å²) in [6.07, 6.45) is 0.182. The molecule has 0 heterocycles. The number of aliphatic carboxylic acids is 1. The molecule has 2 N–H and O–H groups in total. The zero-order valence-corrected chi connectivity index (χ0v) is 15.4. The van der Waals surface area contributed by atoms with Crippen LogP contribution in [0.3, 0.4) is 0 Å². The molecule has 0 spiro atoms. The molecule has 1 atom stereocenters. The van der Waals surface area contributed by atoms with Gasteiger partial charge in [-0.2, -0.15) is 0 Å². The number of carbonyl (C=O) groups excluding carboxylic acids is 1. The van der Waals surface area contributed by atoms with E-state index in [2.05, 4.69) is 21.2 Å². The predicted octanol–water partition coefficient (Wildman–Crippen LogP) is 4.68. The zero-order valence-electron chi connectivity index (χ0n) is 13.1. The van der Waals surface area contributed by atoms with Crippen molar-refractivity contribution < 1.29 is 14.7 Å². The first-order valence-corrected chi connectivity index (χ1v) is 8.55. The van der Waals surface area contributed by atoms with Gasteiger partial charge in [0.2, 0.25) is 5.91 Å². The van der Waals surface area contributed by atoms with E-state index >= 15 is 0 Å². The Morgan fingerprint density at radius 1 is 1.21 bits per heavy atom. The quantitative estimate of drug-likeness (QED) is 0.726. The van der Waals surface area contributed by atoms with E-state index in [1.54, 1.807) is 36.4 Å². The maximum atomic E-state index is 12.2. The standard InChI is InChI=1S/C18H17BrClNO3/c1-11-2-7-15(10-16(11)19)21-17(22)9-13(18(23)24)8-12-3-5-14(20)6-4-12/h2-7,10,13H,8-9H2,1H3,(H,21,22)(H,23,24). The SMILES string of the molecule is Cc1ccc(NC(=O)CC(Cc2ccc(Cl)cc2)C(=O)O)cc1Br. The summed E-state index contributed by atoms with van der Waals surface area (Å²) in [6, 6.07) is 12.4. The highest BCUT2D eigenvalue weighted by Crippen LogP contribution is 2.22. The van der Waals surface area contributed by atoms with Crippen LogP contribution in [0.2, 0.25) is 5.02 Å². The lowest BCUT2D eigenvalue weighted by Gasteiger charge is -2.13. The molecular formula is C18H17BrClNO3. The second-order valence-electron chi connectivity index (χ2n) is 5.58. The van der Waals surface area contributed by atoms with Gasteiger partial charge >= 0.3 is 5.97 Å². The Balaban J connectivity index is 2.01. The molecule has 6 heteroatoms. The van der Waals surface area contributed by atoms with E-state index in [1.807, 2.05) is 13.0 Å². The molecule has 0 aliphatic rings. The van der Waals surface area contributed by atoms with Crippen molar-refractivity contribution in [2.75, 3.05) is 5.32 Å². The van der Waals surface area contributed by atoms with Gasteiger partial charge in [-0.25, -0.2) is 0 Å². The second kappa shape index (κ2) is 8.31. The third kappa shape index (κ3) is 5.35. The fraction of sp³-hybridized carbons (Fsp3) is 0.222. The molecular weight excluding hydrogens is 394 g/mol. The number of carboxylic acid groups (broad SMARTS) is 1. The summed E-state index contributed by atoms with van der Waals surface area (Å²) in [4.78, 5) is 23.6. The van der Waals surface area contributed by atoms with Crippen LogP contribution in [0.25, 0.3) is 0 Å². The minimum atomic E-state index is -0.995. The first-order chi connectivity index (χ1) is 11.3. The van der Waals surface area contributed by atoms with Crippen molar-refractivity contribution in [3.63, 3.8) is 0 Å². The van der Waals surface area contributed by atoms with E-state index in [1.165, 1.54) is 0 Å². The number of amides is 1. The smallest absolute Gasteiger partial charge is 0.307 e. The molecule has 0 saturated heterocycles. The summed E-state index contributed by atoms with van der Waals surface area (Å²) >= 11 is 9.23. The highest BCUT2D eigenvalue weighted by molar-refractivity contribution is 9.10. The second-order valence-corrected chi connectivity index (χ2v) is 6.87. The summed E-state index contributed by atoms with van der Waals surface area (Å²) in [5.74, 6) is -2.11. The third-order valence-electron chi connectivity index (χ3n) is 3.63. The molecule has 2 aromatic carbocycles. The van der Waals surface area contributed by atoms with E-state index in [4.69, 9.17) is 11.6 Å². The first kappa shape index (κ1) is 18.5. The molecule has 4 nitrogen and oxygen atoms in total. The Kier molecular flexibility index (Phi) is 6.40. The fourth-order valence-corrected chi connectivity index (χ4v) is 2.76. The van der Waals surface area contributed by atoms with E-state index in [0.29, 0.717) is 10.7 Å². The molecule has 24 heavy (non-hydrogen) atoms. The van der Waals surface area contributed by atoms with Crippen LogP contribution in [0.1, 0.15) is 17.5 Å². The minimum absolute atomic E-state index is 0.0938. The number of carboxylic acids is 1. The fourth-order valence-electron chi connectivity index (χ4n) is 2.26. The van der Waals surface area contributed by atoms with Gasteiger partial charge < -0.3 is 10.4 Å². The van der Waals surface area contributed by atoms with Gasteiger partial charge in [-0.3, -0.25) is 9.59 Å². The molecule has 0 aliphatic carbocycles. The molecule has 2 rings (SSSR count). The Morgan fingerprint density at radius 2 is 1.88 bits per heavy atom. The highest BCUT2D eigenvalue weighted by Gasteiger charge is 2.22. The Labute approximate surface area is 154 Å². The molecule has 0 bridgehead atoms. The topological polar surface area (TPSA) is 66.4 Å². The van der Waals surface area contributed by atoms with Crippen molar-refractivity contribution in [1.29, 1.82) is 0 Å². The average molecular weight is 411 g/mol. The molecule has 0 aliphatic heterocycles. The number of rotatable bonds is 6. The number of hydrogen-bond acceptors (Lipinski definition) is 2. The van der Waals surface area contributed by atoms with Gasteiger partial charge in [0.25, 0.3) is 0 Å². The van der Waals surface area contributed by atoms with Crippen LogP contribution >= 0.6 is 27.5 Å². The van der Waals surface area contributed by atoms with E-state index < -0.39 is 11.9 Å². The molecule has 0 fully saturated rings. The van der Waals surface area contributed by atoms with Gasteiger partial charge in [0.15, 0.2) is 0 Å². The van der Waals surface area contributed by atoms with Gasteiger partial charge in [0.1, 0.15) is 0 Å². The first-order valence-electron chi connectivity index (χ1n) is 7.38. The van der Waals surface area contributed by atoms with E-state index in [0.717, 1.165) is 15.6 Å². The molecule has 2 aromatic rings. The maximum Gasteiger partial charge on any atom is 0.307 e. The molecule has 1 unspecified atom stereocenters. The van der Waals surface area contributed by atoms with Crippen molar-refractivity contribution >= 4 is 45.1 Å². The number of carbonyl (C=O) groups is 2. The Morgan fingerprint density at radius 3 is 2.46 bits per heavy atom. The van der Waals surface area contributed by atoms with Crippen LogP contribution in [0.4, 0.5) is 5.69 Å². The summed E-state index contributed by atoms with van der Waals surface area (Å²) in [5.41, 5.74) is 2.52. The van der Waals surface area contributed by atoms with Crippen LogP contribution in [0.5, 0.6) is 0 Å². The van der Waals surface area contributed by atoms with Crippen molar-refractivity contribution in [2.45, 2.75) is 19.8 Å². The van der Waals surface area contributed by atoms with Gasteiger partial charge in [-0.1, -0.05) is 45.7 Å². The van der Waals surface area contributed by atoms with Crippen molar-refractivity contribution in [1.82, 2.24) is 0 Å². The summed E-state index contributed by atoms with van der Waals surface area (Å²) in [5, 5.41) is 12.7. The largest absolute Gasteiger partial charge is 0.481 e. The monoisotopic (exact) mass is 409 g/mol. The molecule has 0 saturated carbocycles. The van der Waals surface area contributed by atoms with Crippen LogP contribution in [-0.2, 0) is 16.0 Å². The van der Waals surface area contributed by atoms with Gasteiger partial charge in [-0.15, -0.1) is 0 Å². The molecule has 1 amide bonds. The Bertz CT molecular complexity index is 746. The minimum Gasteiger partial charge on any atom is -0.481 e. The van der Waals surface area contributed by atoms with Crippen LogP contribution in [0.15, 0.2) is 46.9 Å². The molecule has 0 radical (unpaired) electrons. The summed E-state index contributed by atoms with van der Waals surface area (Å²) in [7, 11) is 0. The Hall–Kier alpha value is -1.85. The van der Waals surface area contributed by atoms with Gasteiger partial charge in [-0.05, 0) is 48.7 Å². The van der Waals surface area contributed by atoms with Crippen molar-refractivity contribution in [3.8, 4) is 0 Å². The van der Waals surface area contributed by atoms with Gasteiger partial charge in [0, 0.05) is 21.6 Å². The van der Waals surface area contributed by atoms with E-state index in [-0.39, 0.29) is 18.7 Å². The molecule has 0 aromatic heterocycles. The number of aryl methyl sites for hydroxylation is 1. The van der Waals surface area contributed by atoms with Gasteiger partial charge in [0.05, 0.1) is 5.92 Å². The van der Waals surface area contributed by atoms with E-state index in [9.17, 15) is 14.7 Å².